The molecule has 0 radical (unpaired) electrons. The summed E-state index contributed by atoms with van der Waals surface area (Å²) in [6, 6.07) is 8.38. The van der Waals surface area contributed by atoms with Crippen LogP contribution in [0.4, 0.5) is 5.13 Å². The molecule has 3 aromatic rings. The second-order valence-corrected chi connectivity index (χ2v) is 8.76. The van der Waals surface area contributed by atoms with Crippen LogP contribution in [0.5, 0.6) is 0 Å². The normalized spacial score (nSPS) is 20.4. The van der Waals surface area contributed by atoms with Crippen LogP contribution < -0.4 is 4.90 Å². The summed E-state index contributed by atoms with van der Waals surface area (Å²) in [7, 11) is 0. The van der Waals surface area contributed by atoms with Crippen LogP contribution in [-0.2, 0) is 9.53 Å². The highest BCUT2D eigenvalue weighted by molar-refractivity contribution is 7.20. The van der Waals surface area contributed by atoms with Crippen molar-refractivity contribution in [3.63, 3.8) is 0 Å². The average Bonchev–Trinajstić information content (AvgIpc) is 3.34. The largest absolute Gasteiger partial charge is 0.378 e. The van der Waals surface area contributed by atoms with E-state index >= 15 is 0 Å². The monoisotopic (exact) mass is 411 g/mol. The number of nitrogens with zero attached hydrogens (tertiary/aromatic N) is 5. The van der Waals surface area contributed by atoms with Gasteiger partial charge in [-0.3, -0.25) is 4.79 Å². The number of rotatable bonds is 3. The van der Waals surface area contributed by atoms with Crippen molar-refractivity contribution in [1.82, 2.24) is 19.5 Å². The zero-order valence-electron chi connectivity index (χ0n) is 16.6. The summed E-state index contributed by atoms with van der Waals surface area (Å²) in [5, 5.41) is 5.71. The second kappa shape index (κ2) is 7.76. The molecule has 4 heterocycles. The fraction of sp³-hybridized carbons (Fsp3) is 0.476. The van der Waals surface area contributed by atoms with Gasteiger partial charge in [-0.05, 0) is 19.8 Å². The third-order valence-corrected chi connectivity index (χ3v) is 6.73. The van der Waals surface area contributed by atoms with E-state index in [-0.39, 0.29) is 11.8 Å². The molecule has 2 aliphatic rings. The zero-order chi connectivity index (χ0) is 19.8. The van der Waals surface area contributed by atoms with Crippen molar-refractivity contribution in [3.8, 4) is 11.3 Å². The molecule has 0 spiro atoms. The summed E-state index contributed by atoms with van der Waals surface area (Å²) >= 11 is 1.59. The van der Waals surface area contributed by atoms with Crippen molar-refractivity contribution in [2.24, 2.45) is 5.92 Å². The minimum atomic E-state index is 0.0428. The molecule has 2 fully saturated rings. The predicted molar refractivity (Wildman–Crippen MR) is 113 cm³/mol. The first-order chi connectivity index (χ1) is 14.2. The molecule has 0 unspecified atom stereocenters. The van der Waals surface area contributed by atoms with E-state index in [1.807, 2.05) is 15.6 Å². The number of hydrogen-bond donors (Lipinski definition) is 0. The Balaban J connectivity index is 1.31. The number of aromatic nitrogens is 3. The maximum atomic E-state index is 12.9. The Hall–Kier alpha value is -2.45. The lowest BCUT2D eigenvalue weighted by atomic mass is 9.96. The van der Waals surface area contributed by atoms with Gasteiger partial charge in [0, 0.05) is 31.7 Å². The molecule has 8 heteroatoms. The molecule has 0 saturated carbocycles. The van der Waals surface area contributed by atoms with Crippen LogP contribution in [0.15, 0.2) is 30.5 Å². The lowest BCUT2D eigenvalue weighted by molar-refractivity contribution is -0.139. The lowest BCUT2D eigenvalue weighted by Crippen LogP contribution is -2.48. The number of imidazole rings is 1. The molecule has 0 N–H and O–H groups in total. The zero-order valence-corrected chi connectivity index (χ0v) is 17.4. The third-order valence-electron chi connectivity index (χ3n) is 5.74. The van der Waals surface area contributed by atoms with E-state index in [4.69, 9.17) is 14.8 Å². The van der Waals surface area contributed by atoms with Gasteiger partial charge in [-0.25, -0.2) is 9.50 Å². The highest BCUT2D eigenvalue weighted by Crippen LogP contribution is 2.30. The first-order valence-electron chi connectivity index (χ1n) is 10.2. The summed E-state index contributed by atoms with van der Waals surface area (Å²) in [5.74, 6) is 0.308. The summed E-state index contributed by atoms with van der Waals surface area (Å²) in [4.78, 5) is 22.7. The van der Waals surface area contributed by atoms with E-state index in [9.17, 15) is 4.79 Å². The number of amides is 1. The van der Waals surface area contributed by atoms with Gasteiger partial charge < -0.3 is 14.5 Å². The molecular weight excluding hydrogens is 386 g/mol. The highest BCUT2D eigenvalue weighted by atomic mass is 32.1. The van der Waals surface area contributed by atoms with Gasteiger partial charge in [-0.2, -0.15) is 0 Å². The fourth-order valence-electron chi connectivity index (χ4n) is 4.08. The minimum absolute atomic E-state index is 0.0428. The standard InChI is InChI=1S/C21H25N5O2S/c1-15-4-6-16(7-5-15)18-14-26-20(22-18)29-21(23-26)25-8-2-3-17(13-25)19(27)24-9-11-28-12-10-24/h4-7,14,17H,2-3,8-13H2,1H3/t17-/m1/s1. The molecule has 7 nitrogen and oxygen atoms in total. The summed E-state index contributed by atoms with van der Waals surface area (Å²) < 4.78 is 7.24. The van der Waals surface area contributed by atoms with Crippen LogP contribution in [0.3, 0.4) is 0 Å². The number of anilines is 1. The van der Waals surface area contributed by atoms with Gasteiger partial charge in [-0.1, -0.05) is 41.2 Å². The third kappa shape index (κ3) is 3.74. The van der Waals surface area contributed by atoms with Gasteiger partial charge in [0.15, 0.2) is 0 Å². The summed E-state index contributed by atoms with van der Waals surface area (Å²) in [6.07, 6.45) is 3.95. The molecule has 152 valence electrons. The molecule has 5 rings (SSSR count). The number of hydrogen-bond acceptors (Lipinski definition) is 6. The van der Waals surface area contributed by atoms with E-state index in [1.165, 1.54) is 5.56 Å². The summed E-state index contributed by atoms with van der Waals surface area (Å²) in [5.41, 5.74) is 3.28. The molecule has 2 aromatic heterocycles. The van der Waals surface area contributed by atoms with Crippen molar-refractivity contribution < 1.29 is 9.53 Å². The number of morpholine rings is 1. The topological polar surface area (TPSA) is 63.0 Å². The first kappa shape index (κ1) is 18.6. The molecule has 0 bridgehead atoms. The molecule has 1 atom stereocenters. The second-order valence-electron chi connectivity index (χ2n) is 7.83. The molecule has 29 heavy (non-hydrogen) atoms. The number of carbonyl (C=O) groups is 1. The van der Waals surface area contributed by atoms with Gasteiger partial charge >= 0.3 is 0 Å². The van der Waals surface area contributed by atoms with Gasteiger partial charge in [0.1, 0.15) is 0 Å². The molecule has 1 aromatic carbocycles. The Morgan fingerprint density at radius 2 is 1.97 bits per heavy atom. The molecule has 2 aliphatic heterocycles. The van der Waals surface area contributed by atoms with Crippen LogP contribution >= 0.6 is 11.3 Å². The summed E-state index contributed by atoms with van der Waals surface area (Å²) in [6.45, 7) is 6.47. The SMILES string of the molecule is Cc1ccc(-c2cn3nc(N4CCC[C@@H](C(=O)N5CCOCC5)C4)sc3n2)cc1. The number of piperidine rings is 1. The minimum Gasteiger partial charge on any atom is -0.378 e. The van der Waals surface area contributed by atoms with Crippen molar-refractivity contribution in [1.29, 1.82) is 0 Å². The Morgan fingerprint density at radius 3 is 2.72 bits per heavy atom. The number of fused-ring (bicyclic) bond motifs is 1. The van der Waals surface area contributed by atoms with E-state index < -0.39 is 0 Å². The first-order valence-corrected chi connectivity index (χ1v) is 11.0. The van der Waals surface area contributed by atoms with Crippen LogP contribution in [-0.4, -0.2) is 64.8 Å². The number of ether oxygens (including phenoxy) is 1. The Bertz CT molecular complexity index is 974. The van der Waals surface area contributed by atoms with E-state index in [0.717, 1.165) is 47.3 Å². The maximum absolute atomic E-state index is 12.9. The van der Waals surface area contributed by atoms with E-state index in [0.29, 0.717) is 26.3 Å². The van der Waals surface area contributed by atoms with E-state index in [2.05, 4.69) is 36.1 Å². The van der Waals surface area contributed by atoms with E-state index in [1.54, 1.807) is 11.3 Å². The van der Waals surface area contributed by atoms with Gasteiger partial charge in [0.25, 0.3) is 0 Å². The lowest BCUT2D eigenvalue weighted by Gasteiger charge is -2.35. The Kier molecular flexibility index (Phi) is 4.97. The average molecular weight is 412 g/mol. The highest BCUT2D eigenvalue weighted by Gasteiger charge is 2.31. The van der Waals surface area contributed by atoms with Crippen molar-refractivity contribution in [2.45, 2.75) is 19.8 Å². The molecule has 0 aliphatic carbocycles. The Labute approximate surface area is 173 Å². The molecular formula is C21H25N5O2S. The fourth-order valence-corrected chi connectivity index (χ4v) is 4.99. The van der Waals surface area contributed by atoms with Crippen molar-refractivity contribution in [2.75, 3.05) is 44.3 Å². The molecule has 1 amide bonds. The van der Waals surface area contributed by atoms with Gasteiger partial charge in [-0.15, -0.1) is 5.10 Å². The van der Waals surface area contributed by atoms with Gasteiger partial charge in [0.2, 0.25) is 16.0 Å². The number of carbonyl (C=O) groups excluding carboxylic acids is 1. The number of benzene rings is 1. The smallest absolute Gasteiger partial charge is 0.227 e. The molecule has 2 saturated heterocycles. The quantitative estimate of drug-likeness (QED) is 0.663. The van der Waals surface area contributed by atoms with Crippen molar-refractivity contribution in [3.05, 3.63) is 36.0 Å². The number of aryl methyl sites for hydroxylation is 1. The van der Waals surface area contributed by atoms with Gasteiger partial charge in [0.05, 0.1) is 31.0 Å². The van der Waals surface area contributed by atoms with Crippen LogP contribution in [0, 0.1) is 12.8 Å². The Morgan fingerprint density at radius 1 is 1.17 bits per heavy atom. The predicted octanol–water partition coefficient (Wildman–Crippen LogP) is 2.84. The maximum Gasteiger partial charge on any atom is 0.227 e. The van der Waals surface area contributed by atoms with Crippen LogP contribution in [0.1, 0.15) is 18.4 Å². The van der Waals surface area contributed by atoms with Crippen molar-refractivity contribution >= 4 is 27.3 Å². The van der Waals surface area contributed by atoms with Crippen LogP contribution in [0.25, 0.3) is 16.2 Å². The van der Waals surface area contributed by atoms with Crippen LogP contribution in [0.2, 0.25) is 0 Å².